The molecule has 2 rings (SSSR count). The van der Waals surface area contributed by atoms with E-state index >= 15 is 0 Å². The van der Waals surface area contributed by atoms with Crippen molar-refractivity contribution in [3.8, 4) is 0 Å². The highest BCUT2D eigenvalue weighted by molar-refractivity contribution is 5.85. The maximum Gasteiger partial charge on any atom is 0.239 e. The molecule has 2 heterocycles. The van der Waals surface area contributed by atoms with E-state index in [2.05, 4.69) is 10.2 Å². The minimum atomic E-state index is -0.424. The van der Waals surface area contributed by atoms with Crippen LogP contribution < -0.4 is 5.73 Å². The smallest absolute Gasteiger partial charge is 0.239 e. The van der Waals surface area contributed by atoms with Gasteiger partial charge in [-0.15, -0.1) is 24.8 Å². The van der Waals surface area contributed by atoms with E-state index < -0.39 is 6.04 Å². The molecule has 1 aliphatic rings. The first-order valence-electron chi connectivity index (χ1n) is 5.75. The predicted octanol–water partition coefficient (Wildman–Crippen LogP) is 1.65. The Hall–Kier alpha value is -0.780. The average molecular weight is 295 g/mol. The molecule has 5 nitrogen and oxygen atoms in total. The van der Waals surface area contributed by atoms with Crippen LogP contribution in [0.3, 0.4) is 0 Å². The lowest BCUT2D eigenvalue weighted by Gasteiger charge is -2.36. The number of H-pyrrole nitrogens is 1. The number of likely N-dealkylation sites (tertiary alicyclic amines) is 1. The molecule has 18 heavy (non-hydrogen) atoms. The third kappa shape index (κ3) is 3.60. The second kappa shape index (κ2) is 7.61. The van der Waals surface area contributed by atoms with Crippen LogP contribution in [0.25, 0.3) is 0 Å². The molecular weight excluding hydrogens is 275 g/mol. The fourth-order valence-electron chi connectivity index (χ4n) is 2.25. The summed E-state index contributed by atoms with van der Waals surface area (Å²) in [6.07, 6.45) is 6.86. The molecule has 0 radical (unpaired) electrons. The van der Waals surface area contributed by atoms with Crippen molar-refractivity contribution in [2.75, 3.05) is 6.54 Å². The van der Waals surface area contributed by atoms with Gasteiger partial charge in [-0.25, -0.2) is 0 Å². The van der Waals surface area contributed by atoms with E-state index in [4.69, 9.17) is 5.73 Å². The first-order chi connectivity index (χ1) is 7.70. The van der Waals surface area contributed by atoms with Gasteiger partial charge in [0, 0.05) is 18.3 Å². The van der Waals surface area contributed by atoms with E-state index in [1.165, 1.54) is 0 Å². The highest BCUT2D eigenvalue weighted by Crippen LogP contribution is 2.30. The normalized spacial score (nSPS) is 20.6. The molecule has 1 aliphatic heterocycles. The van der Waals surface area contributed by atoms with Gasteiger partial charge in [-0.3, -0.25) is 9.89 Å². The van der Waals surface area contributed by atoms with Gasteiger partial charge in [0.15, 0.2) is 0 Å². The van der Waals surface area contributed by atoms with Crippen LogP contribution in [-0.2, 0) is 4.79 Å². The molecule has 0 bridgehead atoms. The van der Waals surface area contributed by atoms with Gasteiger partial charge in [-0.05, 0) is 26.2 Å². The lowest BCUT2D eigenvalue weighted by atomic mass is 9.97. The fourth-order valence-corrected chi connectivity index (χ4v) is 2.25. The maximum atomic E-state index is 12.0. The molecule has 7 heteroatoms. The van der Waals surface area contributed by atoms with Crippen LogP contribution in [0.4, 0.5) is 0 Å². The maximum absolute atomic E-state index is 12.0. The van der Waals surface area contributed by atoms with Crippen molar-refractivity contribution in [2.24, 2.45) is 5.73 Å². The van der Waals surface area contributed by atoms with E-state index in [1.807, 2.05) is 11.1 Å². The number of carbonyl (C=O) groups excluding carboxylic acids is 1. The van der Waals surface area contributed by atoms with Crippen LogP contribution in [0.5, 0.6) is 0 Å². The van der Waals surface area contributed by atoms with Gasteiger partial charge < -0.3 is 10.6 Å². The Morgan fingerprint density at radius 3 is 2.83 bits per heavy atom. The minimum Gasteiger partial charge on any atom is -0.334 e. The summed E-state index contributed by atoms with van der Waals surface area (Å²) >= 11 is 0. The Bertz CT molecular complexity index is 356. The molecular formula is C11H20Cl2N4O. The van der Waals surface area contributed by atoms with E-state index in [0.717, 1.165) is 31.4 Å². The summed E-state index contributed by atoms with van der Waals surface area (Å²) in [6.45, 7) is 2.54. The number of halogens is 2. The van der Waals surface area contributed by atoms with E-state index in [1.54, 1.807) is 13.1 Å². The SMILES string of the molecule is C[C@@H](N)C(=O)N1CCCCC1c1cn[nH]c1.Cl.Cl. The van der Waals surface area contributed by atoms with Crippen molar-refractivity contribution in [3.05, 3.63) is 18.0 Å². The van der Waals surface area contributed by atoms with E-state index in [-0.39, 0.29) is 36.8 Å². The monoisotopic (exact) mass is 294 g/mol. The van der Waals surface area contributed by atoms with Gasteiger partial charge in [0.2, 0.25) is 5.91 Å². The Balaban J connectivity index is 0.00000144. The summed E-state index contributed by atoms with van der Waals surface area (Å²) < 4.78 is 0. The quantitative estimate of drug-likeness (QED) is 0.871. The molecule has 0 saturated carbocycles. The minimum absolute atomic E-state index is 0. The van der Waals surface area contributed by atoms with Crippen LogP contribution in [0.2, 0.25) is 0 Å². The standard InChI is InChI=1S/C11H18N4O.2ClH/c1-8(12)11(16)15-5-3-2-4-10(15)9-6-13-14-7-9;;/h6-8,10H,2-5,12H2,1H3,(H,13,14);2*1H/t8-,10?;;/m1../s1. The average Bonchev–Trinajstić information content (AvgIpc) is 2.81. The molecule has 2 atom stereocenters. The Kier molecular flexibility index (Phi) is 7.28. The van der Waals surface area contributed by atoms with Crippen molar-refractivity contribution in [1.29, 1.82) is 0 Å². The van der Waals surface area contributed by atoms with Crippen molar-refractivity contribution in [3.63, 3.8) is 0 Å². The summed E-state index contributed by atoms with van der Waals surface area (Å²) in [6, 6.07) is -0.279. The van der Waals surface area contributed by atoms with Gasteiger partial charge in [0.25, 0.3) is 0 Å². The number of hydrogen-bond acceptors (Lipinski definition) is 3. The number of aromatic nitrogens is 2. The van der Waals surface area contributed by atoms with Crippen molar-refractivity contribution in [2.45, 2.75) is 38.3 Å². The van der Waals surface area contributed by atoms with Crippen LogP contribution >= 0.6 is 24.8 Å². The van der Waals surface area contributed by atoms with Gasteiger partial charge in [0.1, 0.15) is 0 Å². The summed E-state index contributed by atoms with van der Waals surface area (Å²) in [7, 11) is 0. The van der Waals surface area contributed by atoms with Gasteiger partial charge in [0.05, 0.1) is 18.3 Å². The van der Waals surface area contributed by atoms with Crippen molar-refractivity contribution in [1.82, 2.24) is 15.1 Å². The van der Waals surface area contributed by atoms with Gasteiger partial charge in [-0.2, -0.15) is 5.10 Å². The molecule has 1 saturated heterocycles. The highest BCUT2D eigenvalue weighted by Gasteiger charge is 2.29. The second-order valence-corrected chi connectivity index (χ2v) is 4.36. The topological polar surface area (TPSA) is 75.0 Å². The zero-order chi connectivity index (χ0) is 11.5. The number of rotatable bonds is 2. The van der Waals surface area contributed by atoms with Gasteiger partial charge in [-0.1, -0.05) is 0 Å². The zero-order valence-corrected chi connectivity index (χ0v) is 12.0. The molecule has 1 amide bonds. The lowest BCUT2D eigenvalue weighted by Crippen LogP contribution is -2.46. The Morgan fingerprint density at radius 1 is 1.56 bits per heavy atom. The number of piperidine rings is 1. The van der Waals surface area contributed by atoms with Crippen LogP contribution in [0.1, 0.15) is 37.8 Å². The molecule has 104 valence electrons. The number of hydrogen-bond donors (Lipinski definition) is 2. The molecule has 1 aromatic rings. The third-order valence-corrected chi connectivity index (χ3v) is 3.08. The summed E-state index contributed by atoms with van der Waals surface area (Å²) in [5.74, 6) is 0.0332. The first kappa shape index (κ1) is 17.2. The molecule has 0 spiro atoms. The van der Waals surface area contributed by atoms with Crippen LogP contribution in [-0.4, -0.2) is 33.6 Å². The first-order valence-corrected chi connectivity index (χ1v) is 5.75. The fraction of sp³-hybridized carbons (Fsp3) is 0.636. The van der Waals surface area contributed by atoms with Crippen LogP contribution in [0, 0.1) is 0 Å². The molecule has 0 aliphatic carbocycles. The summed E-state index contributed by atoms with van der Waals surface area (Å²) in [4.78, 5) is 13.9. The number of aromatic amines is 1. The summed E-state index contributed by atoms with van der Waals surface area (Å²) in [5.41, 5.74) is 6.75. The molecule has 1 aromatic heterocycles. The molecule has 3 N–H and O–H groups in total. The van der Waals surface area contributed by atoms with Gasteiger partial charge >= 0.3 is 0 Å². The molecule has 1 fully saturated rings. The second-order valence-electron chi connectivity index (χ2n) is 4.36. The Labute approximate surface area is 119 Å². The number of amides is 1. The number of nitrogens with one attached hydrogen (secondary N) is 1. The zero-order valence-electron chi connectivity index (χ0n) is 10.3. The van der Waals surface area contributed by atoms with E-state index in [9.17, 15) is 4.79 Å². The number of nitrogens with zero attached hydrogens (tertiary/aromatic N) is 2. The van der Waals surface area contributed by atoms with Crippen LogP contribution in [0.15, 0.2) is 12.4 Å². The third-order valence-electron chi connectivity index (χ3n) is 3.08. The molecule has 1 unspecified atom stereocenters. The predicted molar refractivity (Wildman–Crippen MR) is 75.0 cm³/mol. The van der Waals surface area contributed by atoms with Crippen molar-refractivity contribution < 1.29 is 4.79 Å². The van der Waals surface area contributed by atoms with Crippen molar-refractivity contribution >= 4 is 30.7 Å². The largest absolute Gasteiger partial charge is 0.334 e. The number of carbonyl (C=O) groups is 1. The summed E-state index contributed by atoms with van der Waals surface area (Å²) in [5, 5.41) is 6.74. The van der Waals surface area contributed by atoms with E-state index in [0.29, 0.717) is 0 Å². The Morgan fingerprint density at radius 2 is 2.28 bits per heavy atom. The lowest BCUT2D eigenvalue weighted by molar-refractivity contribution is -0.136. The highest BCUT2D eigenvalue weighted by atomic mass is 35.5. The number of nitrogens with two attached hydrogens (primary N) is 1. The molecule has 0 aromatic carbocycles.